The van der Waals surface area contributed by atoms with E-state index in [1.165, 1.54) is 11.1 Å². The highest BCUT2D eigenvalue weighted by Crippen LogP contribution is 2.35. The number of hydrogen-bond donors (Lipinski definition) is 2. The van der Waals surface area contributed by atoms with Crippen molar-refractivity contribution in [2.75, 3.05) is 18.5 Å². The number of aryl methyl sites for hydroxylation is 1. The molecule has 2 saturated heterocycles. The number of nitrogens with one attached hydrogen (secondary N) is 2. The van der Waals surface area contributed by atoms with Crippen LogP contribution in [-0.2, 0) is 20.8 Å². The zero-order valence-electron chi connectivity index (χ0n) is 21.1. The summed E-state index contributed by atoms with van der Waals surface area (Å²) in [5.74, 6) is -0.626. The number of anilines is 1. The Bertz CT molecular complexity index is 1290. The van der Waals surface area contributed by atoms with Gasteiger partial charge in [-0.3, -0.25) is 19.5 Å². The molecule has 3 unspecified atom stereocenters. The maximum absolute atomic E-state index is 13.5. The van der Waals surface area contributed by atoms with Crippen molar-refractivity contribution >= 4 is 23.6 Å². The van der Waals surface area contributed by atoms with Crippen molar-refractivity contribution in [1.29, 1.82) is 0 Å². The number of pyridine rings is 1. The predicted molar refractivity (Wildman–Crippen MR) is 140 cm³/mol. The van der Waals surface area contributed by atoms with Gasteiger partial charge in [-0.25, -0.2) is 4.79 Å². The quantitative estimate of drug-likeness (QED) is 0.470. The maximum Gasteiger partial charge on any atom is 0.411 e. The molecule has 0 spiro atoms. The Kier molecular flexibility index (Phi) is 7.65. The standard InChI is InChI=1S/C29H30N4O5/c1-19-9-11-20(12-10-19)18-33-25(28(35)31-17-24-8-4-14-37-24)26(38-29(33)36)21-5-2-7-23(15-21)32-27(34)22-6-3-13-30-16-22/h2-3,5-7,9-13,15-16,24-26H,4,8,14,17-18H2,1H3,(H,31,35)(H,32,34). The highest BCUT2D eigenvalue weighted by Gasteiger charge is 2.47. The molecule has 2 N–H and O–H groups in total. The number of amides is 3. The monoisotopic (exact) mass is 514 g/mol. The Morgan fingerprint density at radius 2 is 1.95 bits per heavy atom. The van der Waals surface area contributed by atoms with E-state index in [2.05, 4.69) is 15.6 Å². The van der Waals surface area contributed by atoms with Gasteiger partial charge < -0.3 is 20.1 Å². The lowest BCUT2D eigenvalue weighted by molar-refractivity contribution is -0.126. The van der Waals surface area contributed by atoms with Crippen molar-refractivity contribution in [3.8, 4) is 0 Å². The topological polar surface area (TPSA) is 110 Å². The SMILES string of the molecule is Cc1ccc(CN2C(=O)OC(c3cccc(NC(=O)c4cccnc4)c3)C2C(=O)NCC2CCCO2)cc1. The highest BCUT2D eigenvalue weighted by molar-refractivity contribution is 6.04. The van der Waals surface area contributed by atoms with E-state index >= 15 is 0 Å². The minimum Gasteiger partial charge on any atom is -0.438 e. The number of rotatable bonds is 8. The van der Waals surface area contributed by atoms with E-state index < -0.39 is 18.2 Å². The molecule has 0 radical (unpaired) electrons. The second-order valence-electron chi connectivity index (χ2n) is 9.56. The summed E-state index contributed by atoms with van der Waals surface area (Å²) in [5.41, 5.74) is 3.53. The molecule has 3 atom stereocenters. The van der Waals surface area contributed by atoms with Gasteiger partial charge in [-0.1, -0.05) is 42.0 Å². The first-order valence-corrected chi connectivity index (χ1v) is 12.7. The van der Waals surface area contributed by atoms with Crippen LogP contribution >= 0.6 is 0 Å². The molecule has 0 bridgehead atoms. The average Bonchev–Trinajstić information content (AvgIpc) is 3.57. The summed E-state index contributed by atoms with van der Waals surface area (Å²) in [7, 11) is 0. The van der Waals surface area contributed by atoms with E-state index in [1.807, 2.05) is 31.2 Å². The van der Waals surface area contributed by atoms with Crippen LogP contribution in [0.25, 0.3) is 0 Å². The summed E-state index contributed by atoms with van der Waals surface area (Å²) in [6, 6.07) is 17.3. The Morgan fingerprint density at radius 3 is 2.68 bits per heavy atom. The minimum atomic E-state index is -0.894. The van der Waals surface area contributed by atoms with Crippen LogP contribution < -0.4 is 10.6 Å². The largest absolute Gasteiger partial charge is 0.438 e. The number of carbonyl (C=O) groups is 3. The molecular formula is C29H30N4O5. The Balaban J connectivity index is 1.38. The zero-order chi connectivity index (χ0) is 26.5. The van der Waals surface area contributed by atoms with Crippen LogP contribution in [0.3, 0.4) is 0 Å². The molecule has 2 aliphatic heterocycles. The number of cyclic esters (lactones) is 1. The van der Waals surface area contributed by atoms with Crippen LogP contribution in [0.5, 0.6) is 0 Å². The summed E-state index contributed by atoms with van der Waals surface area (Å²) >= 11 is 0. The third-order valence-corrected chi connectivity index (χ3v) is 6.75. The van der Waals surface area contributed by atoms with Crippen molar-refractivity contribution < 1.29 is 23.9 Å². The van der Waals surface area contributed by atoms with Gasteiger partial charge in [0.25, 0.3) is 5.91 Å². The van der Waals surface area contributed by atoms with Crippen LogP contribution in [-0.4, -0.2) is 53.1 Å². The molecule has 2 aliphatic rings. The van der Waals surface area contributed by atoms with E-state index in [1.54, 1.807) is 42.6 Å². The summed E-state index contributed by atoms with van der Waals surface area (Å²) in [5, 5.41) is 5.81. The van der Waals surface area contributed by atoms with Gasteiger partial charge in [0, 0.05) is 31.2 Å². The van der Waals surface area contributed by atoms with Gasteiger partial charge in [0.2, 0.25) is 5.91 Å². The van der Waals surface area contributed by atoms with E-state index in [9.17, 15) is 14.4 Å². The number of hydrogen-bond acceptors (Lipinski definition) is 6. The Labute approximate surface area is 221 Å². The van der Waals surface area contributed by atoms with Gasteiger partial charge in [-0.05, 0) is 55.2 Å². The van der Waals surface area contributed by atoms with Gasteiger partial charge in [0.05, 0.1) is 18.2 Å². The minimum absolute atomic E-state index is 0.0352. The van der Waals surface area contributed by atoms with E-state index in [0.29, 0.717) is 30.0 Å². The second-order valence-corrected chi connectivity index (χ2v) is 9.56. The van der Waals surface area contributed by atoms with Crippen molar-refractivity contribution in [1.82, 2.24) is 15.2 Å². The zero-order valence-corrected chi connectivity index (χ0v) is 21.1. The first-order chi connectivity index (χ1) is 18.5. The molecule has 0 saturated carbocycles. The van der Waals surface area contributed by atoms with Crippen LogP contribution in [0, 0.1) is 6.92 Å². The summed E-state index contributed by atoms with van der Waals surface area (Å²) < 4.78 is 11.4. The van der Waals surface area contributed by atoms with Crippen molar-refractivity contribution in [2.45, 2.75) is 44.6 Å². The Hall–Kier alpha value is -4.24. The average molecular weight is 515 g/mol. The van der Waals surface area contributed by atoms with Crippen molar-refractivity contribution in [3.63, 3.8) is 0 Å². The van der Waals surface area contributed by atoms with Crippen LogP contribution in [0.1, 0.15) is 46.0 Å². The molecule has 38 heavy (non-hydrogen) atoms. The third-order valence-electron chi connectivity index (χ3n) is 6.75. The van der Waals surface area contributed by atoms with Gasteiger partial charge in [-0.2, -0.15) is 0 Å². The highest BCUT2D eigenvalue weighted by atomic mass is 16.6. The molecule has 2 aromatic carbocycles. The Morgan fingerprint density at radius 1 is 1.11 bits per heavy atom. The molecule has 9 nitrogen and oxygen atoms in total. The number of carbonyl (C=O) groups excluding carboxylic acids is 3. The molecule has 2 fully saturated rings. The lowest BCUT2D eigenvalue weighted by atomic mass is 9.99. The normalized spacial score (nSPS) is 20.7. The van der Waals surface area contributed by atoms with Gasteiger partial charge in [-0.15, -0.1) is 0 Å². The predicted octanol–water partition coefficient (Wildman–Crippen LogP) is 4.00. The fourth-order valence-electron chi connectivity index (χ4n) is 4.72. The van der Waals surface area contributed by atoms with E-state index in [-0.39, 0.29) is 24.5 Å². The summed E-state index contributed by atoms with van der Waals surface area (Å²) in [6.07, 6.45) is 3.46. The van der Waals surface area contributed by atoms with Gasteiger partial charge in [0.1, 0.15) is 0 Å². The van der Waals surface area contributed by atoms with Crippen LogP contribution in [0.4, 0.5) is 10.5 Å². The van der Waals surface area contributed by atoms with E-state index in [4.69, 9.17) is 9.47 Å². The first kappa shape index (κ1) is 25.4. The summed E-state index contributed by atoms with van der Waals surface area (Å²) in [6.45, 7) is 3.28. The molecule has 5 rings (SSSR count). The third kappa shape index (κ3) is 5.84. The lowest BCUT2D eigenvalue weighted by Gasteiger charge is -2.25. The number of nitrogens with zero attached hydrogens (tertiary/aromatic N) is 2. The van der Waals surface area contributed by atoms with Gasteiger partial charge >= 0.3 is 6.09 Å². The molecule has 3 heterocycles. The van der Waals surface area contributed by atoms with Crippen LogP contribution in [0.2, 0.25) is 0 Å². The molecule has 1 aromatic heterocycles. The van der Waals surface area contributed by atoms with Crippen LogP contribution in [0.15, 0.2) is 73.1 Å². The van der Waals surface area contributed by atoms with Crippen molar-refractivity contribution in [3.05, 3.63) is 95.3 Å². The van der Waals surface area contributed by atoms with Crippen molar-refractivity contribution in [2.24, 2.45) is 0 Å². The lowest BCUT2D eigenvalue weighted by Crippen LogP contribution is -2.47. The first-order valence-electron chi connectivity index (χ1n) is 12.7. The molecule has 3 amide bonds. The molecular weight excluding hydrogens is 484 g/mol. The molecule has 9 heteroatoms. The van der Waals surface area contributed by atoms with Gasteiger partial charge in [0.15, 0.2) is 12.1 Å². The van der Waals surface area contributed by atoms with E-state index in [0.717, 1.165) is 24.0 Å². The smallest absolute Gasteiger partial charge is 0.411 e. The summed E-state index contributed by atoms with van der Waals surface area (Å²) in [4.78, 5) is 44.7. The maximum atomic E-state index is 13.5. The fraction of sp³-hybridized carbons (Fsp3) is 0.310. The molecule has 0 aliphatic carbocycles. The second kappa shape index (κ2) is 11.4. The fourth-order valence-corrected chi connectivity index (χ4v) is 4.72. The number of ether oxygens (including phenoxy) is 2. The number of aromatic nitrogens is 1. The molecule has 3 aromatic rings. The number of benzene rings is 2. The molecule has 196 valence electrons.